The zero-order chi connectivity index (χ0) is 53.5. The minimum atomic E-state index is -0.734. The lowest BCUT2D eigenvalue weighted by Gasteiger charge is -2.39. The van der Waals surface area contributed by atoms with Crippen molar-refractivity contribution in [2.24, 2.45) is 13.0 Å². The fraction of sp³-hybridized carbons (Fsp3) is 0.426. The number of amides is 3. The van der Waals surface area contributed by atoms with Gasteiger partial charge in [-0.25, -0.2) is 14.8 Å². The zero-order valence-electron chi connectivity index (χ0n) is 45.1. The van der Waals surface area contributed by atoms with Crippen LogP contribution in [0.25, 0.3) is 32.2 Å². The van der Waals surface area contributed by atoms with Gasteiger partial charge in [0.15, 0.2) is 10.8 Å². The summed E-state index contributed by atoms with van der Waals surface area (Å²) in [7, 11) is 1.92. The van der Waals surface area contributed by atoms with Gasteiger partial charge in [-0.3, -0.25) is 34.6 Å². The molecule has 3 aromatic heterocycles. The maximum atomic E-state index is 14.1. The molecular formula is C61H69N9O6S. The van der Waals surface area contributed by atoms with Crippen LogP contribution in [0.15, 0.2) is 91.0 Å². The highest BCUT2D eigenvalue weighted by Crippen LogP contribution is 2.39. The molecule has 0 spiro atoms. The van der Waals surface area contributed by atoms with Gasteiger partial charge in [0, 0.05) is 81.0 Å². The number of thiazole rings is 1. The molecule has 7 aromatic rings. The van der Waals surface area contributed by atoms with Gasteiger partial charge in [0.05, 0.1) is 33.4 Å². The van der Waals surface area contributed by atoms with Gasteiger partial charge in [-0.05, 0) is 169 Å². The van der Waals surface area contributed by atoms with E-state index in [9.17, 15) is 19.2 Å². The van der Waals surface area contributed by atoms with Gasteiger partial charge >= 0.3 is 5.97 Å². The molecule has 2 saturated heterocycles. The van der Waals surface area contributed by atoms with Crippen LogP contribution in [0, 0.1) is 12.8 Å². The van der Waals surface area contributed by atoms with Gasteiger partial charge in [-0.2, -0.15) is 5.10 Å². The van der Waals surface area contributed by atoms with E-state index in [1.165, 1.54) is 29.9 Å². The van der Waals surface area contributed by atoms with Gasteiger partial charge < -0.3 is 19.3 Å². The van der Waals surface area contributed by atoms with Crippen molar-refractivity contribution in [3.63, 3.8) is 0 Å². The molecule has 15 nitrogen and oxygen atoms in total. The average molecular weight is 1060 g/mol. The van der Waals surface area contributed by atoms with Gasteiger partial charge in [0.25, 0.3) is 5.91 Å². The van der Waals surface area contributed by atoms with Gasteiger partial charge in [0.2, 0.25) is 11.8 Å². The Hall–Kier alpha value is -7.17. The number of ether oxygens (including phenoxy) is 2. The summed E-state index contributed by atoms with van der Waals surface area (Å²) in [4.78, 5) is 69.3. The maximum Gasteiger partial charge on any atom is 0.358 e. The Morgan fingerprint density at radius 1 is 0.844 bits per heavy atom. The topological polar surface area (TPSA) is 164 Å². The lowest BCUT2D eigenvalue weighted by molar-refractivity contribution is -0.134. The molecule has 1 unspecified atom stereocenters. The fourth-order valence-corrected chi connectivity index (χ4v) is 12.8. The van der Waals surface area contributed by atoms with Crippen LogP contribution in [0.3, 0.4) is 0 Å². The molecule has 1 saturated carbocycles. The third kappa shape index (κ3) is 11.2. The van der Waals surface area contributed by atoms with Crippen molar-refractivity contribution in [1.82, 2.24) is 30.0 Å². The number of piperazine rings is 1. The first-order chi connectivity index (χ1) is 37.1. The van der Waals surface area contributed by atoms with E-state index in [1.807, 2.05) is 99.2 Å². The molecule has 3 aliphatic heterocycles. The van der Waals surface area contributed by atoms with Gasteiger partial charge in [0.1, 0.15) is 17.2 Å². The van der Waals surface area contributed by atoms with Gasteiger partial charge in [-0.1, -0.05) is 47.7 Å². The van der Waals surface area contributed by atoms with Crippen molar-refractivity contribution in [2.75, 3.05) is 47.8 Å². The second-order valence-electron chi connectivity index (χ2n) is 22.5. The van der Waals surface area contributed by atoms with E-state index in [0.717, 1.165) is 107 Å². The Labute approximate surface area is 454 Å². The Morgan fingerprint density at radius 3 is 2.42 bits per heavy atom. The van der Waals surface area contributed by atoms with E-state index in [-0.39, 0.29) is 29.5 Å². The highest BCUT2D eigenvalue weighted by atomic mass is 32.1. The van der Waals surface area contributed by atoms with Crippen LogP contribution < -0.4 is 25.2 Å². The average Bonchev–Trinajstić information content (AvgIpc) is 4.11. The molecule has 400 valence electrons. The summed E-state index contributed by atoms with van der Waals surface area (Å²) in [6, 6.07) is 30.7. The number of para-hydroxylation sites is 1. The molecule has 77 heavy (non-hydrogen) atoms. The predicted octanol–water partition coefficient (Wildman–Crippen LogP) is 10.8. The fourth-order valence-electron chi connectivity index (χ4n) is 11.9. The molecule has 0 radical (unpaired) electrons. The smallest absolute Gasteiger partial charge is 0.358 e. The Kier molecular flexibility index (Phi) is 14.6. The number of rotatable bonds is 13. The third-order valence-corrected chi connectivity index (χ3v) is 17.2. The second kappa shape index (κ2) is 21.7. The molecule has 11 rings (SSSR count). The van der Waals surface area contributed by atoms with E-state index in [2.05, 4.69) is 68.4 Å². The van der Waals surface area contributed by atoms with Gasteiger partial charge in [-0.15, -0.1) is 0 Å². The number of nitrogens with one attached hydrogen (secondary N) is 2. The lowest BCUT2D eigenvalue weighted by atomic mass is 9.83. The van der Waals surface area contributed by atoms with Crippen LogP contribution in [0.2, 0.25) is 0 Å². The van der Waals surface area contributed by atoms with Crippen LogP contribution in [0.5, 0.6) is 5.75 Å². The first-order valence-electron chi connectivity index (χ1n) is 27.5. The monoisotopic (exact) mass is 1060 g/mol. The molecule has 4 aromatic carbocycles. The molecule has 2 atom stereocenters. The number of hydrogen-bond donors (Lipinski definition) is 2. The number of aryl methyl sites for hydroxylation is 1. The number of imide groups is 1. The molecule has 0 bridgehead atoms. The van der Waals surface area contributed by atoms with E-state index < -0.39 is 17.5 Å². The first-order valence-corrected chi connectivity index (χ1v) is 28.3. The van der Waals surface area contributed by atoms with Crippen molar-refractivity contribution in [3.05, 3.63) is 125 Å². The van der Waals surface area contributed by atoms with E-state index in [0.29, 0.717) is 66.4 Å². The first kappa shape index (κ1) is 51.9. The molecule has 2 N–H and O–H groups in total. The highest BCUT2D eigenvalue weighted by molar-refractivity contribution is 7.22. The Balaban J connectivity index is 0.699. The minimum absolute atomic E-state index is 0.112. The Morgan fingerprint density at radius 2 is 1.64 bits per heavy atom. The number of benzene rings is 4. The van der Waals surface area contributed by atoms with Crippen LogP contribution in [0.4, 0.5) is 16.6 Å². The molecule has 3 fully saturated rings. The summed E-state index contributed by atoms with van der Waals surface area (Å²) >= 11 is 1.45. The van der Waals surface area contributed by atoms with Crippen LogP contribution in [-0.4, -0.2) is 98.8 Å². The molecule has 6 heterocycles. The van der Waals surface area contributed by atoms with E-state index >= 15 is 0 Å². The largest absolute Gasteiger partial charge is 0.490 e. The van der Waals surface area contributed by atoms with E-state index in [4.69, 9.17) is 19.6 Å². The summed E-state index contributed by atoms with van der Waals surface area (Å²) in [5, 5.41) is 11.8. The zero-order valence-corrected chi connectivity index (χ0v) is 45.9. The van der Waals surface area contributed by atoms with Crippen LogP contribution in [0.1, 0.15) is 128 Å². The number of carbonyl (C=O) groups is 4. The third-order valence-electron chi connectivity index (χ3n) is 16.2. The lowest BCUT2D eigenvalue weighted by Crippen LogP contribution is -2.49. The summed E-state index contributed by atoms with van der Waals surface area (Å²) in [6.07, 6.45) is 8.30. The van der Waals surface area contributed by atoms with Crippen molar-refractivity contribution in [1.29, 1.82) is 0 Å². The number of fused-ring (bicyclic) bond motifs is 3. The van der Waals surface area contributed by atoms with E-state index in [1.54, 1.807) is 0 Å². The number of anilines is 3. The number of esters is 1. The van der Waals surface area contributed by atoms with Crippen molar-refractivity contribution in [3.8, 4) is 16.9 Å². The number of hydrogen-bond acceptors (Lipinski definition) is 13. The molecular weight excluding hydrogens is 987 g/mol. The number of pyridine rings is 1. The summed E-state index contributed by atoms with van der Waals surface area (Å²) in [6.45, 7) is 15.1. The van der Waals surface area contributed by atoms with Crippen LogP contribution in [-0.2, 0) is 34.3 Å². The molecule has 1 aliphatic carbocycles. The number of carbonyl (C=O) groups excluding carboxylic acids is 4. The Bertz CT molecular complexity index is 3350. The number of nitrogens with zero attached hydrogens (tertiary/aromatic N) is 7. The summed E-state index contributed by atoms with van der Waals surface area (Å²) in [5.41, 5.74) is 8.43. The summed E-state index contributed by atoms with van der Waals surface area (Å²) in [5.74, 6) is 0.546. The number of aromatic nitrogens is 4. The minimum Gasteiger partial charge on any atom is -0.490 e. The second-order valence-corrected chi connectivity index (χ2v) is 23.5. The summed E-state index contributed by atoms with van der Waals surface area (Å²) < 4.78 is 15.7. The molecule has 4 aliphatic rings. The predicted molar refractivity (Wildman–Crippen MR) is 303 cm³/mol. The SMILES string of the molecule is Cc1c(OC2CCC(CC[C@@H](C)N3CCN(c4ccc5c(C6CCC(=O)NC6=O)nn(C)c5c4)CC3)CC2)cccc1-c1ccc(N2CCc3cccc(C(=O)Nc4nc5ccccc5s4)c3C2)nc1C(=O)OC(C)(C)C. The van der Waals surface area contributed by atoms with Crippen LogP contribution >= 0.6 is 11.3 Å². The molecule has 3 amide bonds. The normalized spacial score (nSPS) is 19.7. The standard InChI is InChI=1S/C61H69N9O6S/c1-37(68-31-33-69(34-32-68)41-21-24-46-50(35-41)67(6)66-55(46)47-26-28-54(71)64-58(47)73)17-18-39-19-22-42(23-20-39)75-51-15-10-12-43(38(51)2)44-25-27-53(63-56(44)59(74)76-61(3,4)5)70-30-29-40-11-9-13-45(48(40)36-70)57(72)65-60-62-49-14-7-8-16-52(49)77-60/h7-16,21,24-25,27,35,37,39,42,47H,17-20,22-23,26,28-34,36H2,1-6H3,(H,62,65,72)(H,64,71,73)/t37-,39?,42?,47?/m1/s1. The quantitative estimate of drug-likeness (QED) is 0.0831. The van der Waals surface area contributed by atoms with Crippen molar-refractivity contribution in [2.45, 2.75) is 123 Å². The highest BCUT2D eigenvalue weighted by Gasteiger charge is 2.33. The maximum absolute atomic E-state index is 14.1. The van der Waals surface area contributed by atoms with Crippen molar-refractivity contribution < 1.29 is 28.7 Å². The molecule has 16 heteroatoms. The number of piperidine rings is 1. The van der Waals surface area contributed by atoms with Crippen molar-refractivity contribution >= 4 is 72.8 Å².